The Balaban J connectivity index is 2.16. The van der Waals surface area contributed by atoms with Crippen molar-refractivity contribution in [2.75, 3.05) is 0 Å². The fourth-order valence-electron chi connectivity index (χ4n) is 4.57. The van der Waals surface area contributed by atoms with E-state index in [2.05, 4.69) is 26.8 Å². The highest BCUT2D eigenvalue weighted by atomic mass is 16.3. The van der Waals surface area contributed by atoms with Crippen molar-refractivity contribution in [3.8, 4) is 5.75 Å². The van der Waals surface area contributed by atoms with Gasteiger partial charge in [0, 0.05) is 5.41 Å². The molecule has 0 bridgehead atoms. The minimum atomic E-state index is 0.355. The Morgan fingerprint density at radius 2 is 2.18 bits per heavy atom. The maximum absolute atomic E-state index is 9.78. The summed E-state index contributed by atoms with van der Waals surface area (Å²) >= 11 is 0. The minimum absolute atomic E-state index is 0.355. The fourth-order valence-corrected chi connectivity index (χ4v) is 4.57. The molecule has 1 aromatic rings. The highest BCUT2D eigenvalue weighted by Gasteiger charge is 2.70. The zero-order valence-corrected chi connectivity index (χ0v) is 11.1. The van der Waals surface area contributed by atoms with Gasteiger partial charge in [-0.1, -0.05) is 26.8 Å². The number of phenolic OH excluding ortho intramolecular Hbond substituents is 1. The van der Waals surface area contributed by atoms with Crippen LogP contribution in [0.2, 0.25) is 0 Å². The number of aromatic hydroxyl groups is 1. The molecule has 3 unspecified atom stereocenters. The van der Waals surface area contributed by atoms with E-state index in [1.807, 2.05) is 12.1 Å². The van der Waals surface area contributed by atoms with E-state index in [1.165, 1.54) is 36.8 Å². The Kier molecular flexibility index (Phi) is 2.14. The highest BCUT2D eigenvalue weighted by molar-refractivity contribution is 5.49. The molecule has 0 heterocycles. The van der Waals surface area contributed by atoms with Crippen LogP contribution in [0.5, 0.6) is 5.75 Å². The van der Waals surface area contributed by atoms with E-state index in [9.17, 15) is 5.11 Å². The van der Waals surface area contributed by atoms with Gasteiger partial charge in [0.1, 0.15) is 5.75 Å². The van der Waals surface area contributed by atoms with Crippen LogP contribution in [0.3, 0.4) is 0 Å². The number of hydrogen-bond acceptors (Lipinski definition) is 1. The minimum Gasteiger partial charge on any atom is -0.508 e. The third-order valence-corrected chi connectivity index (χ3v) is 5.96. The first-order chi connectivity index (χ1) is 8.06. The molecule has 0 aromatic heterocycles. The summed E-state index contributed by atoms with van der Waals surface area (Å²) in [4.78, 5) is 0. The second-order valence-corrected chi connectivity index (χ2v) is 6.16. The molecule has 1 fully saturated rings. The molecule has 1 heteroatoms. The molecular weight excluding hydrogens is 208 g/mol. The Hall–Kier alpha value is -0.980. The van der Waals surface area contributed by atoms with Gasteiger partial charge < -0.3 is 5.11 Å². The first kappa shape index (κ1) is 11.1. The van der Waals surface area contributed by atoms with Crippen molar-refractivity contribution >= 4 is 0 Å². The van der Waals surface area contributed by atoms with Gasteiger partial charge in [-0.15, -0.1) is 0 Å². The molecule has 0 radical (unpaired) electrons. The van der Waals surface area contributed by atoms with Crippen LogP contribution in [0.15, 0.2) is 18.2 Å². The normalized spacial score (nSPS) is 39.1. The van der Waals surface area contributed by atoms with E-state index in [4.69, 9.17) is 0 Å². The lowest BCUT2D eigenvalue weighted by Gasteiger charge is -2.30. The molecule has 0 aliphatic heterocycles. The quantitative estimate of drug-likeness (QED) is 0.772. The summed E-state index contributed by atoms with van der Waals surface area (Å²) in [6.07, 6.45) is 5.03. The molecule has 1 nitrogen and oxygen atoms in total. The topological polar surface area (TPSA) is 20.2 Å². The summed E-state index contributed by atoms with van der Waals surface area (Å²) in [7, 11) is 0. The Labute approximate surface area is 104 Å². The third-order valence-electron chi connectivity index (χ3n) is 5.96. The first-order valence-electron chi connectivity index (χ1n) is 6.88. The number of phenols is 1. The van der Waals surface area contributed by atoms with Crippen LogP contribution in [-0.4, -0.2) is 5.11 Å². The number of hydrogen-bond donors (Lipinski definition) is 1. The zero-order valence-electron chi connectivity index (χ0n) is 11.1. The van der Waals surface area contributed by atoms with Gasteiger partial charge in [0.05, 0.1) is 0 Å². The summed E-state index contributed by atoms with van der Waals surface area (Å²) < 4.78 is 0. The van der Waals surface area contributed by atoms with Crippen molar-refractivity contribution < 1.29 is 5.11 Å². The molecule has 0 amide bonds. The second kappa shape index (κ2) is 3.28. The van der Waals surface area contributed by atoms with Crippen LogP contribution in [0.1, 0.15) is 51.2 Å². The average molecular weight is 230 g/mol. The molecule has 2 aliphatic carbocycles. The van der Waals surface area contributed by atoms with Crippen molar-refractivity contribution in [1.82, 2.24) is 0 Å². The maximum atomic E-state index is 9.78. The van der Waals surface area contributed by atoms with Crippen LogP contribution < -0.4 is 0 Å². The van der Waals surface area contributed by atoms with Crippen molar-refractivity contribution in [1.29, 1.82) is 0 Å². The molecule has 3 atom stereocenters. The summed E-state index contributed by atoms with van der Waals surface area (Å²) in [5.41, 5.74) is 3.71. The average Bonchev–Trinajstić information content (AvgIpc) is 2.80. The molecule has 1 saturated carbocycles. The lowest BCUT2D eigenvalue weighted by atomic mass is 9.74. The van der Waals surface area contributed by atoms with E-state index in [-0.39, 0.29) is 0 Å². The van der Waals surface area contributed by atoms with Crippen LogP contribution in [0, 0.1) is 11.3 Å². The van der Waals surface area contributed by atoms with Gasteiger partial charge in [-0.2, -0.15) is 0 Å². The maximum Gasteiger partial charge on any atom is 0.115 e. The molecule has 92 valence electrons. The second-order valence-electron chi connectivity index (χ2n) is 6.16. The van der Waals surface area contributed by atoms with E-state index in [1.54, 1.807) is 0 Å². The van der Waals surface area contributed by atoms with Crippen LogP contribution in [0.4, 0.5) is 0 Å². The lowest BCUT2D eigenvalue weighted by Crippen LogP contribution is -2.22. The Bertz CT molecular complexity index is 465. The number of fused-ring (bicyclic) bond motifs is 2. The summed E-state index contributed by atoms with van der Waals surface area (Å²) in [5.74, 6) is 1.18. The largest absolute Gasteiger partial charge is 0.508 e. The van der Waals surface area contributed by atoms with Crippen molar-refractivity contribution in [3.63, 3.8) is 0 Å². The van der Waals surface area contributed by atoms with Gasteiger partial charge in [0.2, 0.25) is 0 Å². The standard InChI is InChI=1S/C16H22O/c1-4-15(3)11(2)16(15)9-5-6-12-7-8-13(17)10-14(12)16/h7-8,10-11,17H,4-6,9H2,1-3H3. The van der Waals surface area contributed by atoms with Crippen LogP contribution >= 0.6 is 0 Å². The molecular formula is C16H22O. The lowest BCUT2D eigenvalue weighted by molar-refractivity contribution is 0.390. The molecule has 3 rings (SSSR count). The molecule has 17 heavy (non-hydrogen) atoms. The summed E-state index contributed by atoms with van der Waals surface area (Å²) in [6, 6.07) is 6.01. The fraction of sp³-hybridized carbons (Fsp3) is 0.625. The van der Waals surface area contributed by atoms with Gasteiger partial charge >= 0.3 is 0 Å². The van der Waals surface area contributed by atoms with E-state index < -0.39 is 0 Å². The number of benzene rings is 1. The molecule has 2 aliphatic rings. The van der Waals surface area contributed by atoms with Gasteiger partial charge in [-0.05, 0) is 60.3 Å². The predicted molar refractivity (Wildman–Crippen MR) is 70.3 cm³/mol. The van der Waals surface area contributed by atoms with Crippen LogP contribution in [-0.2, 0) is 11.8 Å². The van der Waals surface area contributed by atoms with Crippen molar-refractivity contribution in [3.05, 3.63) is 29.3 Å². The molecule has 1 N–H and O–H groups in total. The van der Waals surface area contributed by atoms with E-state index in [0.717, 1.165) is 5.92 Å². The van der Waals surface area contributed by atoms with Gasteiger partial charge in [0.15, 0.2) is 0 Å². The highest BCUT2D eigenvalue weighted by Crippen LogP contribution is 2.74. The monoisotopic (exact) mass is 230 g/mol. The van der Waals surface area contributed by atoms with Crippen molar-refractivity contribution in [2.45, 2.75) is 51.9 Å². The predicted octanol–water partition coefficient (Wildman–Crippen LogP) is 4.03. The SMILES string of the molecule is CCC1(C)C(C)C12CCCc1ccc(O)cc12. The number of aryl methyl sites for hydroxylation is 1. The summed E-state index contributed by atoms with van der Waals surface area (Å²) in [6.45, 7) is 7.13. The molecule has 1 spiro atoms. The Morgan fingerprint density at radius 3 is 2.82 bits per heavy atom. The summed E-state index contributed by atoms with van der Waals surface area (Å²) in [5, 5.41) is 9.78. The van der Waals surface area contributed by atoms with Gasteiger partial charge in [-0.3, -0.25) is 0 Å². The van der Waals surface area contributed by atoms with Crippen LogP contribution in [0.25, 0.3) is 0 Å². The third kappa shape index (κ3) is 1.15. The molecule has 0 saturated heterocycles. The van der Waals surface area contributed by atoms with Gasteiger partial charge in [0.25, 0.3) is 0 Å². The van der Waals surface area contributed by atoms with Gasteiger partial charge in [-0.25, -0.2) is 0 Å². The van der Waals surface area contributed by atoms with E-state index >= 15 is 0 Å². The molecule has 1 aromatic carbocycles. The zero-order chi connectivity index (χ0) is 12.3. The first-order valence-corrected chi connectivity index (χ1v) is 6.88. The number of rotatable bonds is 1. The smallest absolute Gasteiger partial charge is 0.115 e. The van der Waals surface area contributed by atoms with Crippen molar-refractivity contribution in [2.24, 2.45) is 11.3 Å². The van der Waals surface area contributed by atoms with E-state index in [0.29, 0.717) is 16.6 Å². The Morgan fingerprint density at radius 1 is 1.41 bits per heavy atom.